The van der Waals surface area contributed by atoms with Gasteiger partial charge in [0.15, 0.2) is 10.9 Å². The summed E-state index contributed by atoms with van der Waals surface area (Å²) in [6.45, 7) is 4.15. The Morgan fingerprint density at radius 1 is 1.25 bits per heavy atom. The van der Waals surface area contributed by atoms with Crippen molar-refractivity contribution in [1.82, 2.24) is 9.97 Å². The van der Waals surface area contributed by atoms with Gasteiger partial charge in [0.1, 0.15) is 17.0 Å². The maximum Gasteiger partial charge on any atom is 0.259 e. The van der Waals surface area contributed by atoms with Crippen LogP contribution in [0.25, 0.3) is 21.3 Å². The molecule has 0 saturated carbocycles. The zero-order valence-electron chi connectivity index (χ0n) is 17.5. The van der Waals surface area contributed by atoms with E-state index in [-0.39, 0.29) is 21.9 Å². The zero-order chi connectivity index (χ0) is 22.8. The number of carbonyl (C=O) groups is 1. The predicted molar refractivity (Wildman–Crippen MR) is 125 cm³/mol. The number of methoxy groups -OCH3 is 1. The number of thiazole rings is 1. The number of hydrogen-bond donors (Lipinski definition) is 1. The summed E-state index contributed by atoms with van der Waals surface area (Å²) in [6.07, 6.45) is 1.40. The minimum atomic E-state index is -0.674. The second-order valence-corrected chi connectivity index (χ2v) is 8.26. The van der Waals surface area contributed by atoms with Crippen molar-refractivity contribution in [3.63, 3.8) is 0 Å². The van der Waals surface area contributed by atoms with E-state index in [4.69, 9.17) is 21.1 Å². The number of carbonyl (C=O) groups excluding carboxylic acids is 1. The van der Waals surface area contributed by atoms with Crippen molar-refractivity contribution >= 4 is 44.2 Å². The van der Waals surface area contributed by atoms with Gasteiger partial charge >= 0.3 is 0 Å². The molecule has 4 rings (SSSR count). The number of benzene rings is 2. The molecule has 0 radical (unpaired) electrons. The first-order valence-corrected chi connectivity index (χ1v) is 10.9. The molecule has 2 aromatic carbocycles. The van der Waals surface area contributed by atoms with E-state index in [0.717, 1.165) is 4.70 Å². The van der Waals surface area contributed by atoms with Crippen LogP contribution < -0.4 is 14.8 Å². The summed E-state index contributed by atoms with van der Waals surface area (Å²) in [4.78, 5) is 21.9. The number of amides is 1. The predicted octanol–water partition coefficient (Wildman–Crippen LogP) is 6.12. The Balaban J connectivity index is 1.76. The monoisotopic (exact) mass is 471 g/mol. The zero-order valence-corrected chi connectivity index (χ0v) is 19.1. The lowest BCUT2D eigenvalue weighted by Gasteiger charge is -2.14. The number of nitrogens with zero attached hydrogens (tertiary/aromatic N) is 2. The number of aryl methyl sites for hydroxylation is 1. The lowest BCUT2D eigenvalue weighted by atomic mass is 9.98. The van der Waals surface area contributed by atoms with Gasteiger partial charge in [0.2, 0.25) is 0 Å². The molecule has 0 aliphatic carbocycles. The van der Waals surface area contributed by atoms with Crippen molar-refractivity contribution in [3.05, 3.63) is 64.7 Å². The molecular weight excluding hydrogens is 453 g/mol. The Morgan fingerprint density at radius 2 is 2.06 bits per heavy atom. The van der Waals surface area contributed by atoms with E-state index in [1.165, 1.54) is 30.7 Å². The summed E-state index contributed by atoms with van der Waals surface area (Å²) in [5.41, 5.74) is 1.86. The molecule has 0 unspecified atom stereocenters. The maximum absolute atomic E-state index is 15.0. The normalized spacial score (nSPS) is 10.9. The third-order valence-electron chi connectivity index (χ3n) is 4.73. The second-order valence-electron chi connectivity index (χ2n) is 6.82. The highest BCUT2D eigenvalue weighted by atomic mass is 35.5. The van der Waals surface area contributed by atoms with Gasteiger partial charge in [0.05, 0.1) is 34.6 Å². The van der Waals surface area contributed by atoms with E-state index in [1.807, 2.05) is 25.1 Å². The van der Waals surface area contributed by atoms with Gasteiger partial charge in [0, 0.05) is 17.5 Å². The first-order valence-electron chi connectivity index (χ1n) is 9.75. The average Bonchev–Trinajstić information content (AvgIpc) is 3.19. The molecule has 0 bridgehead atoms. The Kier molecular flexibility index (Phi) is 6.25. The van der Waals surface area contributed by atoms with Crippen LogP contribution in [-0.2, 0) is 0 Å². The molecule has 9 heteroatoms. The fourth-order valence-electron chi connectivity index (χ4n) is 3.31. The van der Waals surface area contributed by atoms with E-state index >= 15 is 4.39 Å². The summed E-state index contributed by atoms with van der Waals surface area (Å²) < 4.78 is 26.8. The molecule has 0 spiro atoms. The number of nitrogens with one attached hydrogen (secondary N) is 1. The van der Waals surface area contributed by atoms with E-state index in [2.05, 4.69) is 15.3 Å². The highest BCUT2D eigenvalue weighted by Gasteiger charge is 2.23. The van der Waals surface area contributed by atoms with Crippen molar-refractivity contribution in [2.75, 3.05) is 19.0 Å². The number of para-hydroxylation sites is 1. The van der Waals surface area contributed by atoms with E-state index in [0.29, 0.717) is 34.3 Å². The number of ether oxygens (including phenoxy) is 2. The highest BCUT2D eigenvalue weighted by molar-refractivity contribution is 7.22. The molecule has 32 heavy (non-hydrogen) atoms. The number of anilines is 1. The largest absolute Gasteiger partial charge is 0.496 e. The van der Waals surface area contributed by atoms with Crippen molar-refractivity contribution < 1.29 is 18.7 Å². The van der Waals surface area contributed by atoms with Crippen LogP contribution in [0.3, 0.4) is 0 Å². The molecule has 0 atom stereocenters. The number of aromatic nitrogens is 2. The standard InChI is InChI=1S/C23H19ClFN3O3S/c1-4-31-17-6-5-7-18-21(17)27-23(32-18)28-22(29)14-11-26-12(2)10-13(14)19-16(30-3)9-8-15(24)20(19)25/h5-11H,4H2,1-3H3,(H,27,28,29). The van der Waals surface area contributed by atoms with Crippen LogP contribution in [-0.4, -0.2) is 29.6 Å². The minimum absolute atomic E-state index is 0.0729. The Bertz CT molecular complexity index is 1330. The first-order chi connectivity index (χ1) is 15.4. The third-order valence-corrected chi connectivity index (χ3v) is 5.96. The molecular formula is C23H19ClFN3O3S. The van der Waals surface area contributed by atoms with Crippen LogP contribution in [0, 0.1) is 12.7 Å². The molecule has 0 fully saturated rings. The highest BCUT2D eigenvalue weighted by Crippen LogP contribution is 2.39. The van der Waals surface area contributed by atoms with Crippen LogP contribution in [0.4, 0.5) is 9.52 Å². The first kappa shape index (κ1) is 22.0. The summed E-state index contributed by atoms with van der Waals surface area (Å²) in [5, 5.41) is 3.11. The quantitative estimate of drug-likeness (QED) is 0.367. The Hall–Kier alpha value is -3.23. The lowest BCUT2D eigenvalue weighted by Crippen LogP contribution is -2.14. The number of rotatable bonds is 6. The SMILES string of the molecule is CCOc1cccc2sc(NC(=O)c3cnc(C)cc3-c3c(OC)ccc(Cl)c3F)nc12. The fraction of sp³-hybridized carbons (Fsp3) is 0.174. The topological polar surface area (TPSA) is 73.3 Å². The molecule has 4 aromatic rings. The number of pyridine rings is 1. The van der Waals surface area contributed by atoms with Crippen molar-refractivity contribution in [3.8, 4) is 22.6 Å². The molecule has 2 heterocycles. The van der Waals surface area contributed by atoms with Crippen LogP contribution in [0.1, 0.15) is 23.0 Å². The van der Waals surface area contributed by atoms with Crippen molar-refractivity contribution in [1.29, 1.82) is 0 Å². The van der Waals surface area contributed by atoms with Gasteiger partial charge in [-0.1, -0.05) is 29.0 Å². The third kappa shape index (κ3) is 4.11. The average molecular weight is 472 g/mol. The smallest absolute Gasteiger partial charge is 0.259 e. The van der Waals surface area contributed by atoms with Gasteiger partial charge in [-0.15, -0.1) is 0 Å². The molecule has 0 saturated heterocycles. The van der Waals surface area contributed by atoms with Gasteiger partial charge < -0.3 is 9.47 Å². The molecule has 164 valence electrons. The number of fused-ring (bicyclic) bond motifs is 1. The number of hydrogen-bond acceptors (Lipinski definition) is 6. The Morgan fingerprint density at radius 3 is 2.81 bits per heavy atom. The van der Waals surface area contributed by atoms with Gasteiger partial charge in [-0.3, -0.25) is 15.1 Å². The van der Waals surface area contributed by atoms with Crippen molar-refractivity contribution in [2.45, 2.75) is 13.8 Å². The van der Waals surface area contributed by atoms with Gasteiger partial charge in [-0.05, 0) is 44.2 Å². The summed E-state index contributed by atoms with van der Waals surface area (Å²) in [6, 6.07) is 10.2. The summed E-state index contributed by atoms with van der Waals surface area (Å²) >= 11 is 7.33. The van der Waals surface area contributed by atoms with Crippen LogP contribution in [0.5, 0.6) is 11.5 Å². The van der Waals surface area contributed by atoms with E-state index in [1.54, 1.807) is 19.1 Å². The van der Waals surface area contributed by atoms with Crippen LogP contribution in [0.15, 0.2) is 42.6 Å². The Labute approximate surface area is 193 Å². The molecule has 1 amide bonds. The molecule has 1 N–H and O–H groups in total. The summed E-state index contributed by atoms with van der Waals surface area (Å²) in [7, 11) is 1.43. The lowest BCUT2D eigenvalue weighted by molar-refractivity contribution is 0.102. The van der Waals surface area contributed by atoms with E-state index in [9.17, 15) is 4.79 Å². The van der Waals surface area contributed by atoms with Crippen molar-refractivity contribution in [2.24, 2.45) is 0 Å². The van der Waals surface area contributed by atoms with Crippen LogP contribution >= 0.6 is 22.9 Å². The summed E-state index contributed by atoms with van der Waals surface area (Å²) in [5.74, 6) is -0.254. The second kappa shape index (κ2) is 9.10. The fourth-order valence-corrected chi connectivity index (χ4v) is 4.35. The van der Waals surface area contributed by atoms with Gasteiger partial charge in [-0.25, -0.2) is 9.37 Å². The number of halogens is 2. The molecule has 0 aliphatic rings. The molecule has 6 nitrogen and oxygen atoms in total. The van der Waals surface area contributed by atoms with Gasteiger partial charge in [0.25, 0.3) is 5.91 Å². The molecule has 2 aromatic heterocycles. The van der Waals surface area contributed by atoms with Gasteiger partial charge in [-0.2, -0.15) is 0 Å². The van der Waals surface area contributed by atoms with Crippen LogP contribution in [0.2, 0.25) is 5.02 Å². The molecule has 0 aliphatic heterocycles. The maximum atomic E-state index is 15.0. The minimum Gasteiger partial charge on any atom is -0.496 e. The van der Waals surface area contributed by atoms with E-state index < -0.39 is 11.7 Å².